The molecule has 3 rings (SSSR count). The van der Waals surface area contributed by atoms with Gasteiger partial charge < -0.3 is 19.9 Å². The maximum atomic E-state index is 12.5. The Balaban J connectivity index is 2.08. The van der Waals surface area contributed by atoms with E-state index >= 15 is 0 Å². The number of benzene rings is 2. The Hall–Kier alpha value is -3.28. The summed E-state index contributed by atoms with van der Waals surface area (Å²) in [6.45, 7) is 1.73. The second-order valence-corrected chi connectivity index (χ2v) is 5.61. The van der Waals surface area contributed by atoms with E-state index in [1.807, 2.05) is 19.1 Å². The molecule has 3 aromatic rings. The van der Waals surface area contributed by atoms with E-state index < -0.39 is 5.97 Å². The summed E-state index contributed by atoms with van der Waals surface area (Å²) < 4.78 is 1.32. The molecule has 3 N–H and O–H groups in total. The molecular formula is C18H15NO5. The van der Waals surface area contributed by atoms with Gasteiger partial charge in [0, 0.05) is 17.0 Å². The Morgan fingerprint density at radius 1 is 1.00 bits per heavy atom. The number of aromatic carboxylic acids is 1. The number of aromatic hydroxyl groups is 2. The largest absolute Gasteiger partial charge is 0.504 e. The van der Waals surface area contributed by atoms with Crippen LogP contribution in [0.1, 0.15) is 26.4 Å². The molecule has 0 fully saturated rings. The molecule has 0 radical (unpaired) electrons. The lowest BCUT2D eigenvalue weighted by Crippen LogP contribution is -2.15. The molecule has 0 unspecified atom stereocenters. The summed E-state index contributed by atoms with van der Waals surface area (Å²) in [5.41, 5.74) is 1.77. The maximum absolute atomic E-state index is 12.5. The number of aromatic nitrogens is 1. The van der Waals surface area contributed by atoms with Gasteiger partial charge in [0.05, 0.1) is 12.1 Å². The number of nitrogens with zero attached hydrogens (tertiary/aromatic N) is 1. The number of phenolic OH excluding ortho intramolecular Hbond substituents is 2. The van der Waals surface area contributed by atoms with E-state index in [0.717, 1.165) is 5.56 Å². The third-order valence-corrected chi connectivity index (χ3v) is 3.89. The zero-order chi connectivity index (χ0) is 17.4. The van der Waals surface area contributed by atoms with Crippen molar-refractivity contribution in [1.82, 2.24) is 4.57 Å². The van der Waals surface area contributed by atoms with Crippen molar-refractivity contribution in [1.29, 1.82) is 0 Å². The molecule has 0 aliphatic carbocycles. The Morgan fingerprint density at radius 3 is 2.25 bits per heavy atom. The topological polar surface area (TPSA) is 99.8 Å². The minimum Gasteiger partial charge on any atom is -0.504 e. The van der Waals surface area contributed by atoms with E-state index in [1.54, 1.807) is 12.1 Å². The van der Waals surface area contributed by atoms with E-state index in [9.17, 15) is 24.9 Å². The summed E-state index contributed by atoms with van der Waals surface area (Å²) in [5, 5.41) is 29.0. The van der Waals surface area contributed by atoms with Crippen molar-refractivity contribution in [3.63, 3.8) is 0 Å². The van der Waals surface area contributed by atoms with Gasteiger partial charge in [0.2, 0.25) is 0 Å². The molecule has 0 saturated carbocycles. The number of carbonyl (C=O) groups is 2. The number of carboxylic acids is 1. The zero-order valence-corrected chi connectivity index (χ0v) is 12.9. The fraction of sp³-hybridized carbons (Fsp3) is 0.111. The van der Waals surface area contributed by atoms with Crippen LogP contribution in [0.3, 0.4) is 0 Å². The molecule has 24 heavy (non-hydrogen) atoms. The van der Waals surface area contributed by atoms with Crippen molar-refractivity contribution < 1.29 is 24.9 Å². The van der Waals surface area contributed by atoms with E-state index in [2.05, 4.69) is 0 Å². The lowest BCUT2D eigenvalue weighted by atomic mass is 10.1. The van der Waals surface area contributed by atoms with E-state index in [-0.39, 0.29) is 29.5 Å². The van der Waals surface area contributed by atoms with Crippen LogP contribution in [-0.4, -0.2) is 31.6 Å². The first-order valence-electron chi connectivity index (χ1n) is 7.25. The minimum atomic E-state index is -1.19. The lowest BCUT2D eigenvalue weighted by Gasteiger charge is -2.09. The van der Waals surface area contributed by atoms with Gasteiger partial charge in [-0.15, -0.1) is 0 Å². The van der Waals surface area contributed by atoms with Crippen LogP contribution in [0.2, 0.25) is 0 Å². The quantitative estimate of drug-likeness (QED) is 0.506. The van der Waals surface area contributed by atoms with Crippen molar-refractivity contribution >= 4 is 22.7 Å². The van der Waals surface area contributed by atoms with E-state index in [1.165, 1.54) is 22.8 Å². The van der Waals surface area contributed by atoms with Gasteiger partial charge in [-0.05, 0) is 19.1 Å². The molecule has 6 nitrogen and oxygen atoms in total. The molecule has 1 aromatic heterocycles. The number of ketones is 1. The van der Waals surface area contributed by atoms with E-state index in [0.29, 0.717) is 16.5 Å². The van der Waals surface area contributed by atoms with Gasteiger partial charge in [0.25, 0.3) is 0 Å². The van der Waals surface area contributed by atoms with Gasteiger partial charge in [-0.25, -0.2) is 4.79 Å². The smallest absolute Gasteiger partial charge is 0.352 e. The Bertz CT molecular complexity index is 954. The fourth-order valence-electron chi connectivity index (χ4n) is 2.61. The summed E-state index contributed by atoms with van der Waals surface area (Å²) in [7, 11) is 0. The van der Waals surface area contributed by atoms with Crippen molar-refractivity contribution in [3.05, 3.63) is 59.3 Å². The first-order valence-corrected chi connectivity index (χ1v) is 7.25. The number of Topliss-reactive ketones (excluding diaryl/α,β-unsaturated/α-hetero) is 1. The monoisotopic (exact) mass is 325 g/mol. The number of fused-ring (bicyclic) bond motifs is 1. The fourth-order valence-corrected chi connectivity index (χ4v) is 2.61. The summed E-state index contributed by atoms with van der Waals surface area (Å²) in [5.74, 6) is -2.16. The normalized spacial score (nSPS) is 10.9. The van der Waals surface area contributed by atoms with Crippen LogP contribution in [-0.2, 0) is 6.54 Å². The van der Waals surface area contributed by atoms with Crippen molar-refractivity contribution in [2.75, 3.05) is 0 Å². The molecule has 0 aliphatic heterocycles. The molecule has 0 bridgehead atoms. The van der Waals surface area contributed by atoms with Gasteiger partial charge in [0.1, 0.15) is 5.69 Å². The van der Waals surface area contributed by atoms with Gasteiger partial charge in [0.15, 0.2) is 17.3 Å². The number of hydrogen-bond donors (Lipinski definition) is 3. The molecule has 1 heterocycles. The minimum absolute atomic E-state index is 0.0875. The SMILES string of the molecule is Cc1ccc(C(=O)Cn2c(C(=O)O)cc3cc(O)c(O)cc32)cc1. The Kier molecular flexibility index (Phi) is 3.73. The molecule has 0 atom stereocenters. The summed E-state index contributed by atoms with van der Waals surface area (Å²) in [6.07, 6.45) is 0. The van der Waals surface area contributed by atoms with Crippen LogP contribution in [0.4, 0.5) is 0 Å². The molecule has 0 spiro atoms. The Morgan fingerprint density at radius 2 is 1.62 bits per heavy atom. The second-order valence-electron chi connectivity index (χ2n) is 5.61. The highest BCUT2D eigenvalue weighted by molar-refractivity contribution is 6.00. The number of carboxylic acid groups (broad SMARTS) is 1. The highest BCUT2D eigenvalue weighted by Crippen LogP contribution is 2.32. The number of hydrogen-bond acceptors (Lipinski definition) is 4. The number of phenols is 2. The molecule has 0 aliphatic rings. The second kappa shape index (κ2) is 5.73. The lowest BCUT2D eigenvalue weighted by molar-refractivity contribution is 0.0685. The van der Waals surface area contributed by atoms with Crippen molar-refractivity contribution in [2.45, 2.75) is 13.5 Å². The summed E-state index contributed by atoms with van der Waals surface area (Å²) >= 11 is 0. The average Bonchev–Trinajstić information content (AvgIpc) is 2.86. The summed E-state index contributed by atoms with van der Waals surface area (Å²) in [4.78, 5) is 23.9. The molecular weight excluding hydrogens is 310 g/mol. The number of rotatable bonds is 4. The molecule has 0 saturated heterocycles. The highest BCUT2D eigenvalue weighted by atomic mass is 16.4. The molecule has 6 heteroatoms. The third kappa shape index (κ3) is 2.69. The van der Waals surface area contributed by atoms with Gasteiger partial charge in [-0.3, -0.25) is 4.79 Å². The number of carbonyl (C=O) groups excluding carboxylic acids is 1. The van der Waals surface area contributed by atoms with Crippen LogP contribution in [0.25, 0.3) is 10.9 Å². The first kappa shape index (κ1) is 15.6. The van der Waals surface area contributed by atoms with Gasteiger partial charge in [-0.1, -0.05) is 29.8 Å². The van der Waals surface area contributed by atoms with Crippen LogP contribution in [0.5, 0.6) is 11.5 Å². The zero-order valence-electron chi connectivity index (χ0n) is 12.9. The predicted octanol–water partition coefficient (Wildman–Crippen LogP) is 2.94. The third-order valence-electron chi connectivity index (χ3n) is 3.89. The molecule has 2 aromatic carbocycles. The predicted molar refractivity (Wildman–Crippen MR) is 87.7 cm³/mol. The summed E-state index contributed by atoms with van der Waals surface area (Å²) in [6, 6.07) is 10.9. The molecule has 122 valence electrons. The van der Waals surface area contributed by atoms with Crippen molar-refractivity contribution in [2.24, 2.45) is 0 Å². The van der Waals surface area contributed by atoms with Crippen LogP contribution in [0.15, 0.2) is 42.5 Å². The van der Waals surface area contributed by atoms with Crippen LogP contribution >= 0.6 is 0 Å². The van der Waals surface area contributed by atoms with Crippen LogP contribution in [0, 0.1) is 6.92 Å². The number of aryl methyl sites for hydroxylation is 1. The molecule has 0 amide bonds. The first-order chi connectivity index (χ1) is 11.4. The Labute approximate surface area is 137 Å². The average molecular weight is 325 g/mol. The maximum Gasteiger partial charge on any atom is 0.352 e. The van der Waals surface area contributed by atoms with Gasteiger partial charge in [-0.2, -0.15) is 0 Å². The van der Waals surface area contributed by atoms with Gasteiger partial charge >= 0.3 is 5.97 Å². The van der Waals surface area contributed by atoms with Crippen molar-refractivity contribution in [3.8, 4) is 11.5 Å². The standard InChI is InChI=1S/C18H15NO5/c1-10-2-4-11(5-3-10)17(22)9-19-13-8-16(21)15(20)7-12(13)6-14(19)18(23)24/h2-8,20-21H,9H2,1H3,(H,23,24). The van der Waals surface area contributed by atoms with Crippen LogP contribution < -0.4 is 0 Å². The highest BCUT2D eigenvalue weighted by Gasteiger charge is 2.19. The van der Waals surface area contributed by atoms with E-state index in [4.69, 9.17) is 0 Å².